The predicted molar refractivity (Wildman–Crippen MR) is 91.7 cm³/mol. The number of nitrogens with one attached hydrogen (secondary N) is 1. The predicted octanol–water partition coefficient (Wildman–Crippen LogP) is 4.49. The Kier molecular flexibility index (Phi) is 4.97. The van der Waals surface area contributed by atoms with Crippen molar-refractivity contribution in [3.63, 3.8) is 0 Å². The molecule has 0 atom stereocenters. The molecule has 132 valence electrons. The molecule has 25 heavy (non-hydrogen) atoms. The summed E-state index contributed by atoms with van der Waals surface area (Å²) in [4.78, 5) is 14.3. The van der Waals surface area contributed by atoms with E-state index in [9.17, 15) is 18.0 Å². The molecule has 1 aliphatic heterocycles. The van der Waals surface area contributed by atoms with Crippen molar-refractivity contribution >= 4 is 17.3 Å². The van der Waals surface area contributed by atoms with E-state index in [0.29, 0.717) is 5.69 Å². The Balaban J connectivity index is 1.84. The third-order valence-electron chi connectivity index (χ3n) is 4.25. The van der Waals surface area contributed by atoms with E-state index in [1.165, 1.54) is 6.07 Å². The van der Waals surface area contributed by atoms with Gasteiger partial charge < -0.3 is 10.2 Å². The van der Waals surface area contributed by atoms with Gasteiger partial charge >= 0.3 is 6.18 Å². The first-order valence-electron chi connectivity index (χ1n) is 8.23. The molecule has 0 aliphatic carbocycles. The average molecular weight is 348 g/mol. The topological polar surface area (TPSA) is 32.3 Å². The van der Waals surface area contributed by atoms with Gasteiger partial charge in [0.1, 0.15) is 0 Å². The van der Waals surface area contributed by atoms with Gasteiger partial charge in [0, 0.05) is 13.1 Å². The molecular weight excluding hydrogens is 329 g/mol. The maximum absolute atomic E-state index is 13.0. The van der Waals surface area contributed by atoms with Crippen LogP contribution < -0.4 is 10.2 Å². The largest absolute Gasteiger partial charge is 0.416 e. The van der Waals surface area contributed by atoms with Crippen molar-refractivity contribution in [3.8, 4) is 0 Å². The van der Waals surface area contributed by atoms with E-state index in [1.807, 2.05) is 35.2 Å². The van der Waals surface area contributed by atoms with Crippen LogP contribution in [-0.4, -0.2) is 19.0 Å². The molecule has 0 aromatic heterocycles. The summed E-state index contributed by atoms with van der Waals surface area (Å²) in [6, 6.07) is 12.7. The molecule has 0 radical (unpaired) electrons. The summed E-state index contributed by atoms with van der Waals surface area (Å²) in [7, 11) is 0. The van der Waals surface area contributed by atoms with Gasteiger partial charge in [-0.25, -0.2) is 0 Å². The van der Waals surface area contributed by atoms with E-state index < -0.39 is 11.7 Å². The minimum Gasteiger partial charge on any atom is -0.370 e. The molecule has 1 heterocycles. The van der Waals surface area contributed by atoms with Crippen LogP contribution in [-0.2, 0) is 17.4 Å². The molecule has 0 saturated carbocycles. The maximum Gasteiger partial charge on any atom is 0.416 e. The van der Waals surface area contributed by atoms with Gasteiger partial charge in [0.05, 0.1) is 23.4 Å². The molecule has 3 nitrogen and oxygen atoms in total. The van der Waals surface area contributed by atoms with Crippen LogP contribution in [0.3, 0.4) is 0 Å². The highest BCUT2D eigenvalue weighted by molar-refractivity contribution is 5.95. The van der Waals surface area contributed by atoms with Crippen LogP contribution in [0, 0.1) is 0 Å². The molecule has 1 amide bonds. The molecule has 1 N–H and O–H groups in total. The number of anilines is 2. The third kappa shape index (κ3) is 4.32. The monoisotopic (exact) mass is 348 g/mol. The fourth-order valence-corrected chi connectivity index (χ4v) is 3.02. The molecule has 0 spiro atoms. The van der Waals surface area contributed by atoms with Crippen molar-refractivity contribution in [2.75, 3.05) is 23.3 Å². The first-order valence-corrected chi connectivity index (χ1v) is 8.23. The zero-order valence-electron chi connectivity index (χ0n) is 13.6. The SMILES string of the molecule is O=C(Cc1ccccc1)Nc1cc(C(F)(F)F)ccc1N1CCCC1. The van der Waals surface area contributed by atoms with Crippen LogP contribution in [0.1, 0.15) is 24.0 Å². The Morgan fingerprint density at radius 3 is 2.36 bits per heavy atom. The lowest BCUT2D eigenvalue weighted by atomic mass is 10.1. The Morgan fingerprint density at radius 1 is 1.04 bits per heavy atom. The first kappa shape index (κ1) is 17.3. The minimum atomic E-state index is -4.44. The smallest absolute Gasteiger partial charge is 0.370 e. The van der Waals surface area contributed by atoms with E-state index in [-0.39, 0.29) is 18.0 Å². The highest BCUT2D eigenvalue weighted by Gasteiger charge is 2.32. The molecule has 0 unspecified atom stereocenters. The molecule has 1 saturated heterocycles. The second-order valence-electron chi connectivity index (χ2n) is 6.13. The summed E-state index contributed by atoms with van der Waals surface area (Å²) in [6.07, 6.45) is -2.32. The number of alkyl halides is 3. The van der Waals surface area contributed by atoms with E-state index in [2.05, 4.69) is 5.32 Å². The molecule has 1 aliphatic rings. The van der Waals surface area contributed by atoms with Crippen molar-refractivity contribution in [1.29, 1.82) is 0 Å². The lowest BCUT2D eigenvalue weighted by molar-refractivity contribution is -0.137. The molecule has 1 fully saturated rings. The minimum absolute atomic E-state index is 0.122. The first-order chi connectivity index (χ1) is 11.9. The summed E-state index contributed by atoms with van der Waals surface area (Å²) < 4.78 is 39.1. The highest BCUT2D eigenvalue weighted by atomic mass is 19.4. The Bertz CT molecular complexity index is 738. The Hall–Kier alpha value is -2.50. The van der Waals surface area contributed by atoms with Crippen molar-refractivity contribution < 1.29 is 18.0 Å². The normalized spacial score (nSPS) is 14.6. The number of hydrogen-bond acceptors (Lipinski definition) is 2. The van der Waals surface area contributed by atoms with Gasteiger partial charge in [0.15, 0.2) is 0 Å². The Morgan fingerprint density at radius 2 is 1.72 bits per heavy atom. The second-order valence-corrected chi connectivity index (χ2v) is 6.13. The fraction of sp³-hybridized carbons (Fsp3) is 0.316. The number of halogens is 3. The average Bonchev–Trinajstić information content (AvgIpc) is 3.09. The van der Waals surface area contributed by atoms with Crippen molar-refractivity contribution in [2.45, 2.75) is 25.4 Å². The summed E-state index contributed by atoms with van der Waals surface area (Å²) in [5.74, 6) is -0.328. The van der Waals surface area contributed by atoms with Gasteiger partial charge in [-0.05, 0) is 36.6 Å². The van der Waals surface area contributed by atoms with Crippen LogP contribution in [0.5, 0.6) is 0 Å². The van der Waals surface area contributed by atoms with Crippen LogP contribution in [0.25, 0.3) is 0 Å². The van der Waals surface area contributed by atoms with E-state index in [4.69, 9.17) is 0 Å². The number of benzene rings is 2. The second kappa shape index (κ2) is 7.17. The van der Waals surface area contributed by atoms with Crippen LogP contribution in [0.15, 0.2) is 48.5 Å². The molecule has 2 aromatic rings. The lowest BCUT2D eigenvalue weighted by Crippen LogP contribution is -2.22. The van der Waals surface area contributed by atoms with Crippen LogP contribution in [0.4, 0.5) is 24.5 Å². The fourth-order valence-electron chi connectivity index (χ4n) is 3.02. The number of carbonyl (C=O) groups excluding carboxylic acids is 1. The number of rotatable bonds is 4. The lowest BCUT2D eigenvalue weighted by Gasteiger charge is -2.23. The van der Waals surface area contributed by atoms with E-state index in [1.54, 1.807) is 0 Å². The zero-order valence-corrected chi connectivity index (χ0v) is 13.6. The molecular formula is C19H19F3N2O. The Labute approximate surface area is 144 Å². The van der Waals surface area contributed by atoms with E-state index in [0.717, 1.165) is 43.6 Å². The van der Waals surface area contributed by atoms with E-state index >= 15 is 0 Å². The number of hydrogen-bond donors (Lipinski definition) is 1. The van der Waals surface area contributed by atoms with Gasteiger partial charge in [-0.15, -0.1) is 0 Å². The van der Waals surface area contributed by atoms with Gasteiger partial charge in [0.2, 0.25) is 5.91 Å². The van der Waals surface area contributed by atoms with Gasteiger partial charge in [-0.3, -0.25) is 4.79 Å². The number of amides is 1. The molecule has 2 aromatic carbocycles. The standard InChI is InChI=1S/C19H19F3N2O/c20-19(21,22)15-8-9-17(24-10-4-5-11-24)16(13-15)23-18(25)12-14-6-2-1-3-7-14/h1-3,6-9,13H,4-5,10-12H2,(H,23,25). The summed E-state index contributed by atoms with van der Waals surface area (Å²) in [6.45, 7) is 1.57. The van der Waals surface area contributed by atoms with Crippen LogP contribution in [0.2, 0.25) is 0 Å². The number of carbonyl (C=O) groups is 1. The summed E-state index contributed by atoms with van der Waals surface area (Å²) >= 11 is 0. The quantitative estimate of drug-likeness (QED) is 0.883. The van der Waals surface area contributed by atoms with Crippen molar-refractivity contribution in [1.82, 2.24) is 0 Å². The summed E-state index contributed by atoms with van der Waals surface area (Å²) in [5, 5.41) is 2.67. The van der Waals surface area contributed by atoms with Gasteiger partial charge in [-0.1, -0.05) is 30.3 Å². The molecule has 3 rings (SSSR count). The zero-order chi connectivity index (χ0) is 17.9. The highest BCUT2D eigenvalue weighted by Crippen LogP contribution is 2.36. The third-order valence-corrected chi connectivity index (χ3v) is 4.25. The van der Waals surface area contributed by atoms with Crippen molar-refractivity contribution in [3.05, 3.63) is 59.7 Å². The van der Waals surface area contributed by atoms with Gasteiger partial charge in [-0.2, -0.15) is 13.2 Å². The molecule has 6 heteroatoms. The maximum atomic E-state index is 13.0. The summed E-state index contributed by atoms with van der Waals surface area (Å²) in [5.41, 5.74) is 0.921. The number of nitrogens with zero attached hydrogens (tertiary/aromatic N) is 1. The van der Waals surface area contributed by atoms with Crippen molar-refractivity contribution in [2.24, 2.45) is 0 Å². The van der Waals surface area contributed by atoms with Gasteiger partial charge in [0.25, 0.3) is 0 Å². The van der Waals surface area contributed by atoms with Crippen LogP contribution >= 0.6 is 0 Å². The molecule has 0 bridgehead atoms.